The monoisotopic (exact) mass is 258 g/mol. The number of carbonyl (C=O) groups excluding carboxylic acids is 1. The molecule has 1 fully saturated rings. The minimum atomic E-state index is -0.556. The molecule has 0 saturated heterocycles. The molecule has 0 aliphatic heterocycles. The molecule has 18 heavy (non-hydrogen) atoms. The van der Waals surface area contributed by atoms with Gasteiger partial charge in [-0.05, 0) is 21.0 Å². The lowest BCUT2D eigenvalue weighted by Gasteiger charge is -2.60. The van der Waals surface area contributed by atoms with Crippen LogP contribution in [0.2, 0.25) is 0 Å². The molecule has 1 rings (SSSR count). The SMILES string of the molecule is CCOC1CC(CO)(NC(=O)CN(C)C)C1(C)C. The molecular weight excluding hydrogens is 232 g/mol. The summed E-state index contributed by atoms with van der Waals surface area (Å²) in [4.78, 5) is 13.7. The van der Waals surface area contributed by atoms with Gasteiger partial charge in [0.05, 0.1) is 24.8 Å². The molecule has 0 bridgehead atoms. The Morgan fingerprint density at radius 2 is 2.11 bits per heavy atom. The quantitative estimate of drug-likeness (QED) is 0.716. The first-order chi connectivity index (χ1) is 8.29. The molecule has 0 aromatic heterocycles. The molecular formula is C13H26N2O3. The summed E-state index contributed by atoms with van der Waals surface area (Å²) in [7, 11) is 3.69. The second-order valence-electron chi connectivity index (χ2n) is 5.90. The van der Waals surface area contributed by atoms with Crippen molar-refractivity contribution >= 4 is 5.91 Å². The van der Waals surface area contributed by atoms with Gasteiger partial charge in [-0.2, -0.15) is 0 Å². The van der Waals surface area contributed by atoms with Crippen LogP contribution in [0.15, 0.2) is 0 Å². The summed E-state index contributed by atoms with van der Waals surface area (Å²) in [5, 5.41) is 12.6. The fourth-order valence-corrected chi connectivity index (χ4v) is 2.59. The van der Waals surface area contributed by atoms with Gasteiger partial charge in [-0.15, -0.1) is 0 Å². The summed E-state index contributed by atoms with van der Waals surface area (Å²) < 4.78 is 5.64. The van der Waals surface area contributed by atoms with Crippen molar-refractivity contribution in [2.24, 2.45) is 5.41 Å². The number of ether oxygens (including phenoxy) is 1. The van der Waals surface area contributed by atoms with Crippen LogP contribution in [0, 0.1) is 5.41 Å². The number of aliphatic hydroxyl groups excluding tert-OH is 1. The highest BCUT2D eigenvalue weighted by Gasteiger charge is 2.61. The predicted molar refractivity (Wildman–Crippen MR) is 70.3 cm³/mol. The first kappa shape index (κ1) is 15.4. The maximum Gasteiger partial charge on any atom is 0.234 e. The van der Waals surface area contributed by atoms with Gasteiger partial charge in [0, 0.05) is 18.4 Å². The fourth-order valence-electron chi connectivity index (χ4n) is 2.59. The topological polar surface area (TPSA) is 61.8 Å². The van der Waals surface area contributed by atoms with E-state index in [2.05, 4.69) is 5.32 Å². The third kappa shape index (κ3) is 2.68. The average Bonchev–Trinajstić information content (AvgIpc) is 2.26. The highest BCUT2D eigenvalue weighted by molar-refractivity contribution is 5.79. The summed E-state index contributed by atoms with van der Waals surface area (Å²) in [5.74, 6) is -0.0583. The van der Waals surface area contributed by atoms with E-state index < -0.39 is 5.54 Å². The van der Waals surface area contributed by atoms with E-state index in [9.17, 15) is 9.90 Å². The Bertz CT molecular complexity index is 305. The Morgan fingerprint density at radius 1 is 1.50 bits per heavy atom. The minimum Gasteiger partial charge on any atom is -0.394 e. The van der Waals surface area contributed by atoms with Crippen molar-refractivity contribution in [1.82, 2.24) is 10.2 Å². The highest BCUT2D eigenvalue weighted by Crippen LogP contribution is 2.51. The van der Waals surface area contributed by atoms with Crippen LogP contribution >= 0.6 is 0 Å². The molecule has 2 atom stereocenters. The first-order valence-electron chi connectivity index (χ1n) is 6.47. The Kier molecular flexibility index (Phi) is 4.75. The van der Waals surface area contributed by atoms with Crippen LogP contribution in [0.5, 0.6) is 0 Å². The van der Waals surface area contributed by atoms with Gasteiger partial charge in [0.2, 0.25) is 5.91 Å². The van der Waals surface area contributed by atoms with E-state index in [1.54, 1.807) is 0 Å². The standard InChI is InChI=1S/C13H26N2O3/c1-6-18-10-7-13(9-16,12(10,2)3)14-11(17)8-15(4)5/h10,16H,6-9H2,1-5H3,(H,14,17). The second-order valence-corrected chi connectivity index (χ2v) is 5.90. The lowest BCUT2D eigenvalue weighted by molar-refractivity contribution is -0.181. The van der Waals surface area contributed by atoms with Gasteiger partial charge in [0.15, 0.2) is 0 Å². The Hall–Kier alpha value is -0.650. The Labute approximate surface area is 109 Å². The number of rotatable bonds is 6. The molecule has 0 spiro atoms. The predicted octanol–water partition coefficient (Wildman–Crippen LogP) is 0.230. The zero-order valence-corrected chi connectivity index (χ0v) is 12.1. The van der Waals surface area contributed by atoms with Crippen molar-refractivity contribution in [1.29, 1.82) is 0 Å². The number of carbonyl (C=O) groups is 1. The third-order valence-electron chi connectivity index (χ3n) is 4.05. The largest absolute Gasteiger partial charge is 0.394 e. The van der Waals surface area contributed by atoms with Gasteiger partial charge >= 0.3 is 0 Å². The number of hydrogen-bond donors (Lipinski definition) is 2. The van der Waals surface area contributed by atoms with Gasteiger partial charge in [-0.1, -0.05) is 13.8 Å². The number of amides is 1. The smallest absolute Gasteiger partial charge is 0.234 e. The third-order valence-corrected chi connectivity index (χ3v) is 4.05. The summed E-state index contributed by atoms with van der Waals surface area (Å²) in [5.41, 5.74) is -0.806. The number of aliphatic hydroxyl groups is 1. The molecule has 0 radical (unpaired) electrons. The molecule has 2 unspecified atom stereocenters. The van der Waals surface area contributed by atoms with E-state index in [-0.39, 0.29) is 24.0 Å². The van der Waals surface area contributed by atoms with E-state index in [0.29, 0.717) is 19.6 Å². The van der Waals surface area contributed by atoms with E-state index in [1.165, 1.54) is 0 Å². The van der Waals surface area contributed by atoms with Gasteiger partial charge in [0.25, 0.3) is 0 Å². The number of nitrogens with zero attached hydrogens (tertiary/aromatic N) is 1. The lowest BCUT2D eigenvalue weighted by Crippen LogP contribution is -2.74. The Balaban J connectivity index is 2.69. The van der Waals surface area contributed by atoms with Crippen LogP contribution in [-0.2, 0) is 9.53 Å². The van der Waals surface area contributed by atoms with Crippen LogP contribution in [0.4, 0.5) is 0 Å². The van der Waals surface area contributed by atoms with Gasteiger partial charge < -0.3 is 20.1 Å². The number of hydrogen-bond acceptors (Lipinski definition) is 4. The molecule has 1 saturated carbocycles. The molecule has 106 valence electrons. The van der Waals surface area contributed by atoms with Crippen LogP contribution in [0.3, 0.4) is 0 Å². The summed E-state index contributed by atoms with van der Waals surface area (Å²) in [6.45, 7) is 6.95. The van der Waals surface area contributed by atoms with Gasteiger partial charge in [0.1, 0.15) is 0 Å². The van der Waals surface area contributed by atoms with Crippen LogP contribution < -0.4 is 5.32 Å². The van der Waals surface area contributed by atoms with Crippen molar-refractivity contribution in [3.05, 3.63) is 0 Å². The van der Waals surface area contributed by atoms with Crippen LogP contribution in [0.25, 0.3) is 0 Å². The zero-order valence-electron chi connectivity index (χ0n) is 12.1. The molecule has 1 aliphatic carbocycles. The van der Waals surface area contributed by atoms with Gasteiger partial charge in [-0.25, -0.2) is 0 Å². The van der Waals surface area contributed by atoms with Crippen molar-refractivity contribution in [3.63, 3.8) is 0 Å². The highest BCUT2D eigenvalue weighted by atomic mass is 16.5. The minimum absolute atomic E-state index is 0.0528. The van der Waals surface area contributed by atoms with Crippen LogP contribution in [0.1, 0.15) is 27.2 Å². The normalized spacial score (nSPS) is 30.1. The van der Waals surface area contributed by atoms with Crippen molar-refractivity contribution in [3.8, 4) is 0 Å². The summed E-state index contributed by atoms with van der Waals surface area (Å²) in [6, 6.07) is 0. The molecule has 1 aliphatic rings. The number of nitrogens with one attached hydrogen (secondary N) is 1. The molecule has 1 amide bonds. The molecule has 0 aromatic rings. The Morgan fingerprint density at radius 3 is 2.50 bits per heavy atom. The summed E-state index contributed by atoms with van der Waals surface area (Å²) in [6.07, 6.45) is 0.762. The second kappa shape index (κ2) is 5.55. The maximum absolute atomic E-state index is 11.9. The van der Waals surface area contributed by atoms with Gasteiger partial charge in [-0.3, -0.25) is 4.79 Å². The van der Waals surface area contributed by atoms with E-state index in [0.717, 1.165) is 0 Å². The maximum atomic E-state index is 11.9. The first-order valence-corrected chi connectivity index (χ1v) is 6.47. The van der Waals surface area contributed by atoms with E-state index in [4.69, 9.17) is 4.74 Å². The lowest BCUT2D eigenvalue weighted by atomic mass is 9.54. The van der Waals surface area contributed by atoms with Crippen molar-refractivity contribution < 1.29 is 14.6 Å². The van der Waals surface area contributed by atoms with Crippen LogP contribution in [-0.4, -0.2) is 61.4 Å². The molecule has 2 N–H and O–H groups in total. The molecule has 0 heterocycles. The van der Waals surface area contributed by atoms with Crippen molar-refractivity contribution in [2.75, 3.05) is 33.9 Å². The van der Waals surface area contributed by atoms with E-state index >= 15 is 0 Å². The van der Waals surface area contributed by atoms with E-state index in [1.807, 2.05) is 39.8 Å². The molecule has 0 aromatic carbocycles. The fraction of sp³-hybridized carbons (Fsp3) is 0.923. The molecule has 5 heteroatoms. The molecule has 5 nitrogen and oxygen atoms in total. The van der Waals surface area contributed by atoms with Crippen molar-refractivity contribution in [2.45, 2.75) is 38.8 Å². The summed E-state index contributed by atoms with van der Waals surface area (Å²) >= 11 is 0. The average molecular weight is 258 g/mol. The number of likely N-dealkylation sites (N-methyl/N-ethyl adjacent to an activating group) is 1. The zero-order chi connectivity index (χ0) is 14.0.